The molecule has 0 atom stereocenters. The van der Waals surface area contributed by atoms with Gasteiger partial charge in [0.05, 0.1) is 43.8 Å². The molecule has 0 fully saturated rings. The zero-order valence-electron chi connectivity index (χ0n) is 31.2. The average molecular weight is 927 g/mol. The molecule has 0 aliphatic heterocycles. The number of nitro benzene ring substituents is 3. The van der Waals surface area contributed by atoms with Crippen LogP contribution in [0.4, 0.5) is 22.7 Å². The molecule has 0 aliphatic rings. The summed E-state index contributed by atoms with van der Waals surface area (Å²) in [5, 5.41) is 57.7. The lowest BCUT2D eigenvalue weighted by Gasteiger charge is -2.01. The Morgan fingerprint density at radius 1 is 0.694 bits per heavy atom. The number of carboxylic acids is 1. The van der Waals surface area contributed by atoms with E-state index in [0.717, 1.165) is 41.3 Å². The molecule has 5 aromatic carbocycles. The summed E-state index contributed by atoms with van der Waals surface area (Å²) in [7, 11) is -10.1. The maximum Gasteiger partial charge on any atom is 0.339 e. The number of hydrogen-bond donors (Lipinski definition) is 6. The molecule has 62 heavy (non-hydrogen) atoms. The van der Waals surface area contributed by atoms with E-state index in [9.17, 15) is 64.9 Å². The van der Waals surface area contributed by atoms with Gasteiger partial charge in [0.25, 0.3) is 31.7 Å². The van der Waals surface area contributed by atoms with Gasteiger partial charge in [-0.25, -0.2) is 18.2 Å². The number of carboxylic acid groups (broad SMARTS) is 1. The second-order valence-corrected chi connectivity index (χ2v) is 15.3. The number of non-ortho nitro benzene ring substituents is 1. The number of hydrogen-bond acceptors (Lipinski definition) is 19. The molecule has 0 amide bonds. The van der Waals surface area contributed by atoms with Gasteiger partial charge in [-0.1, -0.05) is 24.3 Å². The fraction of sp³-hybridized carbons (Fsp3) is 0.0606. The van der Waals surface area contributed by atoms with Crippen LogP contribution in [0.5, 0.6) is 11.5 Å². The van der Waals surface area contributed by atoms with Gasteiger partial charge in [-0.3, -0.25) is 43.6 Å². The fourth-order valence-corrected chi connectivity index (χ4v) is 5.39. The Morgan fingerprint density at radius 2 is 1.10 bits per heavy atom. The summed E-state index contributed by atoms with van der Waals surface area (Å²) in [6, 6.07) is 25.0. The molecule has 6 rings (SSSR count). The number of anilines is 1. The molecule has 0 saturated carbocycles. The first-order chi connectivity index (χ1) is 28.6. The highest BCUT2D eigenvalue weighted by Crippen LogP contribution is 2.39. The number of fused-ring (bicyclic) bond motifs is 2. The first kappa shape index (κ1) is 50.6. The Morgan fingerprint density at radius 3 is 1.45 bits per heavy atom. The lowest BCUT2D eigenvalue weighted by Crippen LogP contribution is -2.30. The number of nitrogen functional groups attached to an aromatic ring is 1. The van der Waals surface area contributed by atoms with E-state index < -0.39 is 90.4 Å². The summed E-state index contributed by atoms with van der Waals surface area (Å²) in [6.07, 6.45) is 0. The van der Waals surface area contributed by atoms with Crippen molar-refractivity contribution >= 4 is 81.4 Å². The van der Waals surface area contributed by atoms with Gasteiger partial charge < -0.3 is 25.6 Å². The highest BCUT2D eigenvalue weighted by molar-refractivity contribution is 7.86. The number of rotatable bonds is 7. The Balaban J connectivity index is 0.000000274. The van der Waals surface area contributed by atoms with Crippen LogP contribution in [-0.2, 0) is 41.9 Å². The maximum absolute atomic E-state index is 10.6. The number of benzene rings is 5. The van der Waals surface area contributed by atoms with E-state index in [2.05, 4.69) is 32.9 Å². The minimum Gasteiger partial charge on any atom is -0.726 e. The number of nitrogens with zero attached hydrogens (tertiary/aromatic N) is 5. The normalized spacial score (nSPS) is 10.9. The van der Waals surface area contributed by atoms with Gasteiger partial charge in [0, 0.05) is 17.8 Å². The summed E-state index contributed by atoms with van der Waals surface area (Å²) in [6.45, 7) is 0. The lowest BCUT2D eigenvalue weighted by atomic mass is 10.2. The molecule has 0 radical (unpaired) electrons. The summed E-state index contributed by atoms with van der Waals surface area (Å²) in [5.41, 5.74) is 6.57. The minimum absolute atomic E-state index is 0.147. The van der Waals surface area contributed by atoms with E-state index in [1.807, 2.05) is 36.4 Å². The summed E-state index contributed by atoms with van der Waals surface area (Å²) >= 11 is 0. The first-order valence-electron chi connectivity index (χ1n) is 15.9. The third kappa shape index (κ3) is 14.9. The number of aromatic carboxylic acids is 1. The van der Waals surface area contributed by atoms with Crippen LogP contribution in [0.3, 0.4) is 0 Å². The zero-order valence-corrected chi connectivity index (χ0v) is 33.7. The van der Waals surface area contributed by atoms with Gasteiger partial charge in [-0.15, -0.1) is 0 Å². The minimum atomic E-state index is -4.45. The van der Waals surface area contributed by atoms with E-state index in [4.69, 9.17) is 30.2 Å². The number of para-hydroxylation sites is 4. The van der Waals surface area contributed by atoms with Crippen molar-refractivity contribution in [3.63, 3.8) is 0 Å². The SMILES string of the molecule is COS(=O)(=O)[O-].C[n+]1c2ccccc2nc2ccccc21.Nc1ccc(S(=O)(=O)O)cc1.O=C(O)c1cc(S(=O)(=O)O)ccc1O.O=[N+]([O-])c1cc([N+](=O)[O-])c(O)c([N+](=O)[O-])c1. The van der Waals surface area contributed by atoms with Crippen LogP contribution in [-0.4, -0.2) is 87.1 Å². The number of aryl methyl sites for hydroxylation is 1. The predicted molar refractivity (Wildman–Crippen MR) is 211 cm³/mol. The molecule has 7 N–H and O–H groups in total. The second kappa shape index (κ2) is 21.1. The van der Waals surface area contributed by atoms with Gasteiger partial charge in [0.2, 0.25) is 21.4 Å². The van der Waals surface area contributed by atoms with Crippen molar-refractivity contribution in [1.82, 2.24) is 4.98 Å². The summed E-state index contributed by atoms with van der Waals surface area (Å²) in [5.74, 6) is -3.25. The predicted octanol–water partition coefficient (Wildman–Crippen LogP) is 3.27. The van der Waals surface area contributed by atoms with Crippen molar-refractivity contribution in [3.8, 4) is 11.5 Å². The number of phenolic OH excluding ortho intramolecular Hbond substituents is 1. The number of aromatic hydroxyl groups is 2. The molecule has 0 bridgehead atoms. The van der Waals surface area contributed by atoms with Crippen molar-refractivity contribution < 1.29 is 82.5 Å². The van der Waals surface area contributed by atoms with Gasteiger partial charge in [-0.05, 0) is 54.6 Å². The molecular formula is C33H30N6O20S3. The maximum atomic E-state index is 10.6. The number of nitro groups is 3. The van der Waals surface area contributed by atoms with Gasteiger partial charge in [0.1, 0.15) is 29.4 Å². The molecular weight excluding hydrogens is 897 g/mol. The Kier molecular flexibility index (Phi) is 17.2. The zero-order chi connectivity index (χ0) is 47.3. The molecule has 29 heteroatoms. The molecule has 1 aromatic heterocycles. The molecule has 0 spiro atoms. The fourth-order valence-electron chi connectivity index (χ4n) is 4.40. The van der Waals surface area contributed by atoms with Crippen molar-refractivity contribution in [1.29, 1.82) is 0 Å². The van der Waals surface area contributed by atoms with Crippen LogP contribution in [0.1, 0.15) is 10.4 Å². The van der Waals surface area contributed by atoms with Crippen LogP contribution in [0.15, 0.2) is 113 Å². The largest absolute Gasteiger partial charge is 0.726 e. The monoisotopic (exact) mass is 926 g/mol. The van der Waals surface area contributed by atoms with E-state index >= 15 is 0 Å². The number of phenols is 2. The highest BCUT2D eigenvalue weighted by atomic mass is 32.3. The van der Waals surface area contributed by atoms with E-state index in [0.29, 0.717) is 23.9 Å². The van der Waals surface area contributed by atoms with Gasteiger partial charge >= 0.3 is 17.3 Å². The number of aromatic nitrogens is 2. The van der Waals surface area contributed by atoms with E-state index in [1.165, 1.54) is 24.3 Å². The first-order valence-corrected chi connectivity index (χ1v) is 20.1. The van der Waals surface area contributed by atoms with Gasteiger partial charge in [-0.2, -0.15) is 21.4 Å². The molecule has 0 aliphatic carbocycles. The second-order valence-electron chi connectivity index (χ2n) is 11.3. The van der Waals surface area contributed by atoms with Crippen molar-refractivity contribution in [2.75, 3.05) is 12.8 Å². The van der Waals surface area contributed by atoms with Crippen LogP contribution < -0.4 is 10.3 Å². The van der Waals surface area contributed by atoms with Crippen LogP contribution >= 0.6 is 0 Å². The Labute approximate surface area is 348 Å². The molecule has 0 saturated heterocycles. The molecule has 6 aromatic rings. The number of nitrogens with two attached hydrogens (primary N) is 1. The van der Waals surface area contributed by atoms with Gasteiger partial charge in [0.15, 0.2) is 0 Å². The number of carbonyl (C=O) groups is 1. The lowest BCUT2D eigenvalue weighted by molar-refractivity contribution is -0.617. The Hall–Kier alpha value is -7.54. The summed E-state index contributed by atoms with van der Waals surface area (Å²) < 4.78 is 92.4. The standard InChI is InChI=1S/C13H11N2.C7H6O6S.C6H3N3O7.C6H7NO3S.CH4O4S/c1-15-12-8-4-2-6-10(12)14-11-7-3-5-9-13(11)15;8-6-2-1-4(14(11,12)13)3-5(6)7(9)10;10-6-4(8(13)14)1-3(7(11)12)2-5(6)9(15)16;7-5-1-3-6(4-2-5)11(8,9)10;1-5-6(2,3)4/h2-9H,1H3;1-3,8H,(H,9,10)(H,11,12,13);1-2,10H;1-4H,7H2,(H,8,9,10);1H3,(H,2,3,4)/q+1;;;;/p-1. The van der Waals surface area contributed by atoms with Crippen molar-refractivity contribution in [3.05, 3.63) is 139 Å². The molecule has 26 nitrogen and oxygen atoms in total. The van der Waals surface area contributed by atoms with Crippen LogP contribution in [0.2, 0.25) is 0 Å². The molecule has 1 heterocycles. The molecule has 330 valence electrons. The Bertz CT molecular complexity index is 2900. The third-order valence-electron chi connectivity index (χ3n) is 7.26. The smallest absolute Gasteiger partial charge is 0.339 e. The van der Waals surface area contributed by atoms with E-state index in [-0.39, 0.29) is 4.90 Å². The topological polar surface area (TPSA) is 425 Å². The molecule has 0 unspecified atom stereocenters. The van der Waals surface area contributed by atoms with E-state index in [1.54, 1.807) is 0 Å². The average Bonchev–Trinajstić information content (AvgIpc) is 3.18. The third-order valence-corrected chi connectivity index (χ3v) is 9.39. The quantitative estimate of drug-likeness (QED) is 0.0254. The van der Waals surface area contributed by atoms with Crippen molar-refractivity contribution in [2.45, 2.75) is 9.79 Å². The van der Waals surface area contributed by atoms with Crippen molar-refractivity contribution in [2.24, 2.45) is 7.05 Å². The van der Waals surface area contributed by atoms with Crippen LogP contribution in [0.25, 0.3) is 22.1 Å². The van der Waals surface area contributed by atoms with Crippen LogP contribution in [0, 0.1) is 30.3 Å². The highest BCUT2D eigenvalue weighted by Gasteiger charge is 2.30. The summed E-state index contributed by atoms with van der Waals surface area (Å²) in [4.78, 5) is 42.1.